The summed E-state index contributed by atoms with van der Waals surface area (Å²) in [5.41, 5.74) is 2.58. The second kappa shape index (κ2) is 4.97. The van der Waals surface area contributed by atoms with Crippen LogP contribution in [0.3, 0.4) is 0 Å². The Bertz CT molecular complexity index is 428. The Morgan fingerprint density at radius 1 is 1.28 bits per heavy atom. The van der Waals surface area contributed by atoms with Gasteiger partial charge in [-0.05, 0) is 24.6 Å². The molecule has 0 aliphatic heterocycles. The third kappa shape index (κ3) is 2.81. The van der Waals surface area contributed by atoms with Gasteiger partial charge in [0.1, 0.15) is 17.1 Å². The number of Topliss-reactive ketones (excluding diaryl/α,β-unsaturated/α-hetero) is 1. The van der Waals surface area contributed by atoms with Crippen molar-refractivity contribution in [3.63, 3.8) is 0 Å². The maximum atomic E-state index is 13.0. The number of methoxy groups -OCH3 is 1. The fourth-order valence-electron chi connectivity index (χ4n) is 1.65. The van der Waals surface area contributed by atoms with Crippen molar-refractivity contribution in [3.8, 4) is 5.75 Å². The van der Waals surface area contributed by atoms with Crippen LogP contribution in [0.2, 0.25) is 0 Å². The maximum Gasteiger partial charge on any atom is 0.411 e. The molecule has 18 heavy (non-hydrogen) atoms. The molecule has 0 saturated carbocycles. The molecule has 0 saturated heterocycles. The smallest absolute Gasteiger partial charge is 0.411 e. The summed E-state index contributed by atoms with van der Waals surface area (Å²) in [6.07, 6.45) is -5.49. The molecule has 0 spiro atoms. The highest BCUT2D eigenvalue weighted by molar-refractivity contribution is 5.77. The molecule has 0 bridgehead atoms. The SMILES string of the molecule is COc1ccc([C@@](N)(CC(C)=O)C(F)(F)F)cc1. The number of ether oxygens (including phenoxy) is 1. The van der Waals surface area contributed by atoms with E-state index in [1.165, 1.54) is 31.4 Å². The van der Waals surface area contributed by atoms with Gasteiger partial charge in [-0.3, -0.25) is 4.79 Å². The van der Waals surface area contributed by atoms with Crippen LogP contribution in [-0.4, -0.2) is 19.1 Å². The molecule has 0 amide bonds. The third-order valence-electron chi connectivity index (χ3n) is 2.64. The minimum atomic E-state index is -4.70. The van der Waals surface area contributed by atoms with Gasteiger partial charge < -0.3 is 10.5 Å². The zero-order valence-corrected chi connectivity index (χ0v) is 10.0. The van der Waals surface area contributed by atoms with E-state index in [2.05, 4.69) is 0 Å². The van der Waals surface area contributed by atoms with Gasteiger partial charge in [-0.25, -0.2) is 0 Å². The van der Waals surface area contributed by atoms with Crippen LogP contribution in [0.1, 0.15) is 18.9 Å². The molecular weight excluding hydrogens is 247 g/mol. The first-order valence-electron chi connectivity index (χ1n) is 5.20. The molecule has 6 heteroatoms. The van der Waals surface area contributed by atoms with Gasteiger partial charge in [0, 0.05) is 6.42 Å². The molecular formula is C12H14F3NO2. The zero-order valence-electron chi connectivity index (χ0n) is 10.0. The summed E-state index contributed by atoms with van der Waals surface area (Å²) in [6, 6.07) is 5.19. The van der Waals surface area contributed by atoms with Crippen LogP contribution in [0, 0.1) is 0 Å². The van der Waals surface area contributed by atoms with Crippen LogP contribution in [0.25, 0.3) is 0 Å². The lowest BCUT2D eigenvalue weighted by molar-refractivity contribution is -0.192. The van der Waals surface area contributed by atoms with Gasteiger partial charge in [-0.15, -0.1) is 0 Å². The number of hydrogen-bond donors (Lipinski definition) is 1. The number of carbonyl (C=O) groups excluding carboxylic acids is 1. The summed E-state index contributed by atoms with van der Waals surface area (Å²) in [4.78, 5) is 11.0. The summed E-state index contributed by atoms with van der Waals surface area (Å²) in [5.74, 6) is -0.197. The molecule has 0 radical (unpaired) electrons. The highest BCUT2D eigenvalue weighted by Gasteiger charge is 2.53. The lowest BCUT2D eigenvalue weighted by Crippen LogP contribution is -2.51. The Kier molecular flexibility index (Phi) is 4.01. The number of ketones is 1. The second-order valence-corrected chi connectivity index (χ2v) is 4.08. The number of benzene rings is 1. The maximum absolute atomic E-state index is 13.0. The fourth-order valence-corrected chi connectivity index (χ4v) is 1.65. The highest BCUT2D eigenvalue weighted by Crippen LogP contribution is 2.40. The number of alkyl halides is 3. The van der Waals surface area contributed by atoms with Crippen LogP contribution < -0.4 is 10.5 Å². The normalized spacial score (nSPS) is 15.0. The van der Waals surface area contributed by atoms with Crippen LogP contribution in [0.4, 0.5) is 13.2 Å². The van der Waals surface area contributed by atoms with Crippen LogP contribution >= 0.6 is 0 Å². The van der Waals surface area contributed by atoms with Crippen LogP contribution in [0.5, 0.6) is 5.75 Å². The number of halogens is 3. The minimum absolute atomic E-state index is 0.161. The molecule has 1 atom stereocenters. The van der Waals surface area contributed by atoms with E-state index in [0.717, 1.165) is 6.92 Å². The highest BCUT2D eigenvalue weighted by atomic mass is 19.4. The van der Waals surface area contributed by atoms with Gasteiger partial charge >= 0.3 is 6.18 Å². The number of rotatable bonds is 4. The van der Waals surface area contributed by atoms with Crippen LogP contribution in [0.15, 0.2) is 24.3 Å². The van der Waals surface area contributed by atoms with Crippen molar-refractivity contribution in [2.75, 3.05) is 7.11 Å². The van der Waals surface area contributed by atoms with Crippen LogP contribution in [-0.2, 0) is 10.3 Å². The third-order valence-corrected chi connectivity index (χ3v) is 2.64. The van der Waals surface area contributed by atoms with Crippen molar-refractivity contribution in [2.24, 2.45) is 5.73 Å². The quantitative estimate of drug-likeness (QED) is 0.905. The summed E-state index contributed by atoms with van der Waals surface area (Å²) >= 11 is 0. The molecule has 0 unspecified atom stereocenters. The summed E-state index contributed by atoms with van der Waals surface area (Å²) in [5, 5.41) is 0. The van der Waals surface area contributed by atoms with E-state index in [0.29, 0.717) is 5.75 Å². The van der Waals surface area contributed by atoms with Gasteiger partial charge in [0.25, 0.3) is 0 Å². The first-order chi connectivity index (χ1) is 8.20. The predicted octanol–water partition coefficient (Wildman–Crippen LogP) is 2.39. The molecule has 1 aromatic carbocycles. The number of hydrogen-bond acceptors (Lipinski definition) is 3. The van der Waals surface area contributed by atoms with E-state index in [-0.39, 0.29) is 5.56 Å². The van der Waals surface area contributed by atoms with Gasteiger partial charge in [0.05, 0.1) is 7.11 Å². The van der Waals surface area contributed by atoms with E-state index in [1.807, 2.05) is 0 Å². The fraction of sp³-hybridized carbons (Fsp3) is 0.417. The summed E-state index contributed by atoms with van der Waals surface area (Å²) in [7, 11) is 1.41. The summed E-state index contributed by atoms with van der Waals surface area (Å²) in [6.45, 7) is 1.08. The Labute approximate surface area is 103 Å². The van der Waals surface area contributed by atoms with Crippen molar-refractivity contribution < 1.29 is 22.7 Å². The first-order valence-corrected chi connectivity index (χ1v) is 5.20. The van der Waals surface area contributed by atoms with Crippen molar-refractivity contribution in [1.82, 2.24) is 0 Å². The Hall–Kier alpha value is -1.56. The molecule has 0 heterocycles. The minimum Gasteiger partial charge on any atom is -0.497 e. The topological polar surface area (TPSA) is 52.3 Å². The lowest BCUT2D eigenvalue weighted by atomic mass is 9.85. The molecule has 0 aliphatic carbocycles. The van der Waals surface area contributed by atoms with Gasteiger partial charge in [-0.2, -0.15) is 13.2 Å². The molecule has 0 fully saturated rings. The number of nitrogens with two attached hydrogens (primary N) is 1. The van der Waals surface area contributed by atoms with E-state index in [1.54, 1.807) is 0 Å². The van der Waals surface area contributed by atoms with E-state index in [4.69, 9.17) is 10.5 Å². The van der Waals surface area contributed by atoms with Gasteiger partial charge in [-0.1, -0.05) is 12.1 Å². The van der Waals surface area contributed by atoms with E-state index >= 15 is 0 Å². The standard InChI is InChI=1S/C12H14F3NO2/c1-8(17)7-11(16,12(13,14)15)9-3-5-10(18-2)6-4-9/h3-6H,7,16H2,1-2H3/t11-/m0/s1. The summed E-state index contributed by atoms with van der Waals surface area (Å²) < 4.78 is 43.9. The predicted molar refractivity (Wildman–Crippen MR) is 60.2 cm³/mol. The molecule has 1 aromatic rings. The molecule has 3 nitrogen and oxygen atoms in total. The Morgan fingerprint density at radius 3 is 2.11 bits per heavy atom. The number of carbonyl (C=O) groups is 1. The Morgan fingerprint density at radius 2 is 1.78 bits per heavy atom. The largest absolute Gasteiger partial charge is 0.497 e. The van der Waals surface area contributed by atoms with Crippen molar-refractivity contribution in [3.05, 3.63) is 29.8 Å². The van der Waals surface area contributed by atoms with E-state index < -0.39 is 23.9 Å². The van der Waals surface area contributed by atoms with Gasteiger partial charge in [0.15, 0.2) is 0 Å². The monoisotopic (exact) mass is 261 g/mol. The molecule has 2 N–H and O–H groups in total. The Balaban J connectivity index is 3.21. The van der Waals surface area contributed by atoms with Crippen molar-refractivity contribution >= 4 is 5.78 Å². The molecule has 0 aromatic heterocycles. The average molecular weight is 261 g/mol. The lowest BCUT2D eigenvalue weighted by Gasteiger charge is -2.31. The van der Waals surface area contributed by atoms with Crippen molar-refractivity contribution in [1.29, 1.82) is 0 Å². The molecule has 1 rings (SSSR count). The first kappa shape index (κ1) is 14.5. The molecule has 0 aliphatic rings. The second-order valence-electron chi connectivity index (χ2n) is 4.08. The van der Waals surface area contributed by atoms with Crippen molar-refractivity contribution in [2.45, 2.75) is 25.1 Å². The molecule has 100 valence electrons. The zero-order chi connectivity index (χ0) is 14.0. The van der Waals surface area contributed by atoms with E-state index in [9.17, 15) is 18.0 Å². The average Bonchev–Trinajstić information content (AvgIpc) is 2.26. The van der Waals surface area contributed by atoms with Gasteiger partial charge in [0.2, 0.25) is 0 Å².